The third kappa shape index (κ3) is 2.20. The number of rotatable bonds is 2. The lowest BCUT2D eigenvalue weighted by Gasteiger charge is -2.18. The van der Waals surface area contributed by atoms with E-state index in [9.17, 15) is 14.4 Å². The number of nitrogens with zero attached hydrogens (tertiary/aromatic N) is 1. The summed E-state index contributed by atoms with van der Waals surface area (Å²) < 4.78 is -0.934. The van der Waals surface area contributed by atoms with E-state index < -0.39 is 22.1 Å². The van der Waals surface area contributed by atoms with Crippen molar-refractivity contribution in [3.8, 4) is 0 Å². The molecule has 5 nitrogen and oxygen atoms in total. The molecule has 0 aromatic rings. The molecule has 0 fully saturated rings. The molecular weight excluding hydrogens is 254 g/mol. The number of imide groups is 1. The summed E-state index contributed by atoms with van der Waals surface area (Å²) in [6.45, 7) is 3.10. The molecule has 1 heterocycles. The van der Waals surface area contributed by atoms with Crippen LogP contribution in [0, 0.1) is 0 Å². The molecule has 0 aromatic carbocycles. The lowest BCUT2D eigenvalue weighted by molar-refractivity contribution is -0.197. The van der Waals surface area contributed by atoms with Crippen molar-refractivity contribution < 1.29 is 19.2 Å². The fourth-order valence-electron chi connectivity index (χ4n) is 0.668. The summed E-state index contributed by atoms with van der Waals surface area (Å²) in [4.78, 5) is 37.8. The molecule has 1 rings (SSSR count). The molecule has 0 saturated heterocycles. The Kier molecular flexibility index (Phi) is 2.75. The van der Waals surface area contributed by atoms with Crippen LogP contribution in [0.15, 0.2) is 12.2 Å². The van der Waals surface area contributed by atoms with E-state index in [2.05, 4.69) is 20.8 Å². The van der Waals surface area contributed by atoms with Gasteiger partial charge in [-0.25, -0.2) is 4.79 Å². The third-order valence-electron chi connectivity index (χ3n) is 1.43. The Bertz CT molecular complexity index is 311. The first-order chi connectivity index (χ1) is 6.32. The number of alkyl halides is 1. The summed E-state index contributed by atoms with van der Waals surface area (Å²) in [5.41, 5.74) is 0. The highest BCUT2D eigenvalue weighted by molar-refractivity contribution is 9.10. The summed E-state index contributed by atoms with van der Waals surface area (Å²) in [6, 6.07) is 0. The van der Waals surface area contributed by atoms with Crippen molar-refractivity contribution in [2.75, 3.05) is 0 Å². The van der Waals surface area contributed by atoms with Crippen molar-refractivity contribution in [3.63, 3.8) is 0 Å². The standard InChI is InChI=1S/C8H8BrNO4/c1-8(2,9)7(13)14-10-5(11)3-4-6(10)12/h3-4H,1-2H3. The normalized spacial score (nSPS) is 16.4. The van der Waals surface area contributed by atoms with Crippen molar-refractivity contribution in [1.29, 1.82) is 0 Å². The first-order valence-corrected chi connectivity index (χ1v) is 4.59. The smallest absolute Gasteiger partial charge is 0.328 e. The summed E-state index contributed by atoms with van der Waals surface area (Å²) in [5, 5.41) is 0.422. The maximum absolute atomic E-state index is 11.3. The highest BCUT2D eigenvalue weighted by atomic mass is 79.9. The molecular formula is C8H8BrNO4. The van der Waals surface area contributed by atoms with Gasteiger partial charge in [0.25, 0.3) is 11.8 Å². The second-order valence-electron chi connectivity index (χ2n) is 3.16. The fourth-order valence-corrected chi connectivity index (χ4v) is 0.740. The molecule has 0 N–H and O–H groups in total. The highest BCUT2D eigenvalue weighted by Crippen LogP contribution is 2.19. The van der Waals surface area contributed by atoms with Gasteiger partial charge in [0.05, 0.1) is 0 Å². The van der Waals surface area contributed by atoms with Gasteiger partial charge in [0.15, 0.2) is 0 Å². The van der Waals surface area contributed by atoms with Crippen LogP contribution in [-0.4, -0.2) is 27.2 Å². The van der Waals surface area contributed by atoms with Gasteiger partial charge in [-0.3, -0.25) is 9.59 Å². The Morgan fingerprint density at radius 3 is 2.14 bits per heavy atom. The predicted octanol–water partition coefficient (Wildman–Crippen LogP) is 0.543. The Labute approximate surface area is 88.8 Å². The van der Waals surface area contributed by atoms with Gasteiger partial charge in [-0.15, -0.1) is 0 Å². The van der Waals surface area contributed by atoms with Gasteiger partial charge in [-0.2, -0.15) is 0 Å². The van der Waals surface area contributed by atoms with Gasteiger partial charge in [-0.1, -0.05) is 21.0 Å². The number of halogens is 1. The number of carbonyl (C=O) groups is 3. The highest BCUT2D eigenvalue weighted by Gasteiger charge is 2.33. The summed E-state index contributed by atoms with van der Waals surface area (Å²) in [5.74, 6) is -2.01. The molecule has 1 aliphatic rings. The van der Waals surface area contributed by atoms with Gasteiger partial charge >= 0.3 is 5.97 Å². The van der Waals surface area contributed by atoms with Crippen LogP contribution < -0.4 is 0 Å². The van der Waals surface area contributed by atoms with Crippen LogP contribution in [0.1, 0.15) is 13.8 Å². The van der Waals surface area contributed by atoms with Gasteiger partial charge in [-0.05, 0) is 13.8 Å². The van der Waals surface area contributed by atoms with Crippen molar-refractivity contribution in [2.45, 2.75) is 18.2 Å². The van der Waals surface area contributed by atoms with Crippen LogP contribution in [0.5, 0.6) is 0 Å². The van der Waals surface area contributed by atoms with Crippen molar-refractivity contribution >= 4 is 33.7 Å². The van der Waals surface area contributed by atoms with Crippen LogP contribution in [0.4, 0.5) is 0 Å². The minimum Gasteiger partial charge on any atom is -0.328 e. The maximum atomic E-state index is 11.3. The molecule has 0 bridgehead atoms. The number of carbonyl (C=O) groups excluding carboxylic acids is 3. The Balaban J connectivity index is 2.67. The van der Waals surface area contributed by atoms with Gasteiger partial charge in [0, 0.05) is 12.2 Å². The zero-order chi connectivity index (χ0) is 10.9. The number of hydrogen-bond acceptors (Lipinski definition) is 4. The Hall–Kier alpha value is -1.17. The molecule has 76 valence electrons. The van der Waals surface area contributed by atoms with Crippen LogP contribution in [0.2, 0.25) is 0 Å². The lowest BCUT2D eigenvalue weighted by atomic mass is 10.2. The quantitative estimate of drug-likeness (QED) is 0.538. The largest absolute Gasteiger partial charge is 0.349 e. The third-order valence-corrected chi connectivity index (χ3v) is 1.75. The number of hydroxylamine groups is 2. The number of hydrogen-bond donors (Lipinski definition) is 0. The first kappa shape index (κ1) is 10.9. The van der Waals surface area contributed by atoms with Gasteiger partial charge in [0.1, 0.15) is 4.32 Å². The fraction of sp³-hybridized carbons (Fsp3) is 0.375. The first-order valence-electron chi connectivity index (χ1n) is 3.80. The zero-order valence-corrected chi connectivity index (χ0v) is 9.20. The molecule has 2 amide bonds. The van der Waals surface area contributed by atoms with Crippen molar-refractivity contribution in [3.05, 3.63) is 12.2 Å². The van der Waals surface area contributed by atoms with E-state index in [1.807, 2.05) is 0 Å². The summed E-state index contributed by atoms with van der Waals surface area (Å²) >= 11 is 3.05. The van der Waals surface area contributed by atoms with Crippen LogP contribution in [-0.2, 0) is 19.2 Å². The van der Waals surface area contributed by atoms with Crippen molar-refractivity contribution in [2.24, 2.45) is 0 Å². The Morgan fingerprint density at radius 1 is 1.36 bits per heavy atom. The zero-order valence-electron chi connectivity index (χ0n) is 7.61. The average Bonchev–Trinajstić information content (AvgIpc) is 2.34. The molecule has 0 atom stereocenters. The van der Waals surface area contributed by atoms with Gasteiger partial charge < -0.3 is 4.84 Å². The summed E-state index contributed by atoms with van der Waals surface area (Å²) in [6.07, 6.45) is 2.08. The minimum atomic E-state index is -0.934. The maximum Gasteiger partial charge on any atom is 0.349 e. The van der Waals surface area contributed by atoms with Gasteiger partial charge in [0.2, 0.25) is 0 Å². The Morgan fingerprint density at radius 2 is 1.79 bits per heavy atom. The molecule has 14 heavy (non-hydrogen) atoms. The van der Waals surface area contributed by atoms with E-state index in [1.165, 1.54) is 0 Å². The SMILES string of the molecule is CC(C)(Br)C(=O)ON1C(=O)C=CC1=O. The molecule has 0 aromatic heterocycles. The topological polar surface area (TPSA) is 63.7 Å². The van der Waals surface area contributed by atoms with Crippen molar-refractivity contribution in [1.82, 2.24) is 5.06 Å². The van der Waals surface area contributed by atoms with E-state index in [-0.39, 0.29) is 0 Å². The molecule has 0 spiro atoms. The van der Waals surface area contributed by atoms with E-state index in [4.69, 9.17) is 0 Å². The van der Waals surface area contributed by atoms with Crippen LogP contribution in [0.3, 0.4) is 0 Å². The average molecular weight is 262 g/mol. The minimum absolute atomic E-state index is 0.422. The van der Waals surface area contributed by atoms with Crippen LogP contribution in [0.25, 0.3) is 0 Å². The second-order valence-corrected chi connectivity index (χ2v) is 5.14. The number of amides is 2. The van der Waals surface area contributed by atoms with E-state index in [1.54, 1.807) is 13.8 Å². The molecule has 0 radical (unpaired) electrons. The predicted molar refractivity (Wildman–Crippen MR) is 50.1 cm³/mol. The molecule has 0 aliphatic carbocycles. The monoisotopic (exact) mass is 261 g/mol. The molecule has 6 heteroatoms. The van der Waals surface area contributed by atoms with E-state index in [0.29, 0.717) is 5.06 Å². The van der Waals surface area contributed by atoms with E-state index in [0.717, 1.165) is 12.2 Å². The molecule has 0 saturated carbocycles. The molecule has 1 aliphatic heterocycles. The lowest BCUT2D eigenvalue weighted by Crippen LogP contribution is -2.38. The molecule has 0 unspecified atom stereocenters. The summed E-state index contributed by atoms with van der Waals surface area (Å²) in [7, 11) is 0. The van der Waals surface area contributed by atoms with E-state index >= 15 is 0 Å². The second kappa shape index (κ2) is 3.53. The van der Waals surface area contributed by atoms with Crippen LogP contribution >= 0.6 is 15.9 Å².